The molecule has 1 atom stereocenters. The second-order valence-corrected chi connectivity index (χ2v) is 5.89. The molecule has 1 aromatic rings. The van der Waals surface area contributed by atoms with Crippen molar-refractivity contribution in [1.82, 2.24) is 10.2 Å². The molecule has 6 heteroatoms. The van der Waals surface area contributed by atoms with Gasteiger partial charge in [0.15, 0.2) is 0 Å². The number of halogens is 4. The molecule has 0 radical (unpaired) electrons. The molecule has 1 saturated heterocycles. The highest BCUT2D eigenvalue weighted by atomic mass is 35.5. The van der Waals surface area contributed by atoms with Gasteiger partial charge in [0.25, 0.3) is 0 Å². The summed E-state index contributed by atoms with van der Waals surface area (Å²) in [6.07, 6.45) is -0.873. The van der Waals surface area contributed by atoms with Crippen LogP contribution in [0.4, 0.5) is 13.2 Å². The normalized spacial score (nSPS) is 19.6. The summed E-state index contributed by atoms with van der Waals surface area (Å²) < 4.78 is 38.0. The van der Waals surface area contributed by atoms with Crippen LogP contribution < -0.4 is 5.32 Å². The smallest absolute Gasteiger partial charge is 0.317 e. The summed E-state index contributed by atoms with van der Waals surface area (Å²) in [6.45, 7) is 4.53. The SMILES string of the molecule is Cc1cc(C(F)(F)F)ccc1CN(C)C1CCCNCC1.Cl. The molecule has 1 unspecified atom stereocenters. The lowest BCUT2D eigenvalue weighted by Gasteiger charge is -2.27. The molecule has 1 aliphatic rings. The van der Waals surface area contributed by atoms with Gasteiger partial charge in [-0.2, -0.15) is 13.2 Å². The van der Waals surface area contributed by atoms with E-state index < -0.39 is 11.7 Å². The van der Waals surface area contributed by atoms with Crippen LogP contribution in [0.5, 0.6) is 0 Å². The fourth-order valence-electron chi connectivity index (χ4n) is 2.89. The third-order valence-corrected chi connectivity index (χ3v) is 4.26. The number of nitrogens with one attached hydrogen (secondary N) is 1. The van der Waals surface area contributed by atoms with Crippen LogP contribution in [-0.4, -0.2) is 31.1 Å². The van der Waals surface area contributed by atoms with Gasteiger partial charge in [-0.3, -0.25) is 4.90 Å². The Morgan fingerprint density at radius 1 is 1.23 bits per heavy atom. The topological polar surface area (TPSA) is 15.3 Å². The summed E-state index contributed by atoms with van der Waals surface area (Å²) in [5.74, 6) is 0. The minimum atomic E-state index is -4.26. The zero-order valence-electron chi connectivity index (χ0n) is 13.0. The van der Waals surface area contributed by atoms with E-state index in [1.54, 1.807) is 13.0 Å². The lowest BCUT2D eigenvalue weighted by molar-refractivity contribution is -0.137. The van der Waals surface area contributed by atoms with Gasteiger partial charge in [-0.05, 0) is 69.6 Å². The Morgan fingerprint density at radius 3 is 2.59 bits per heavy atom. The first-order valence-electron chi connectivity index (χ1n) is 7.45. The van der Waals surface area contributed by atoms with E-state index in [2.05, 4.69) is 17.3 Å². The maximum Gasteiger partial charge on any atom is 0.416 e. The van der Waals surface area contributed by atoms with Crippen molar-refractivity contribution in [3.05, 3.63) is 34.9 Å². The predicted molar refractivity (Wildman–Crippen MR) is 85.4 cm³/mol. The standard InChI is InChI=1S/C16H23F3N2.ClH/c1-12-10-14(16(17,18)19)6-5-13(12)11-21(2)15-4-3-8-20-9-7-15;/h5-6,10,15,20H,3-4,7-9,11H2,1-2H3;1H. The predicted octanol–water partition coefficient (Wildman–Crippen LogP) is 4.01. The van der Waals surface area contributed by atoms with E-state index in [0.717, 1.165) is 37.9 Å². The van der Waals surface area contributed by atoms with Gasteiger partial charge in [0.1, 0.15) is 0 Å². The van der Waals surface area contributed by atoms with Crippen molar-refractivity contribution in [2.75, 3.05) is 20.1 Å². The van der Waals surface area contributed by atoms with Crippen molar-refractivity contribution < 1.29 is 13.2 Å². The van der Waals surface area contributed by atoms with Crippen molar-refractivity contribution in [3.63, 3.8) is 0 Å². The zero-order chi connectivity index (χ0) is 15.5. The van der Waals surface area contributed by atoms with E-state index in [9.17, 15) is 13.2 Å². The summed E-state index contributed by atoms with van der Waals surface area (Å²) >= 11 is 0. The Bertz CT molecular complexity index is 469. The van der Waals surface area contributed by atoms with E-state index in [4.69, 9.17) is 0 Å². The summed E-state index contributed by atoms with van der Waals surface area (Å²) in [5, 5.41) is 3.38. The van der Waals surface area contributed by atoms with Gasteiger partial charge in [-0.1, -0.05) is 6.07 Å². The van der Waals surface area contributed by atoms with Crippen LogP contribution in [0, 0.1) is 6.92 Å². The molecule has 0 bridgehead atoms. The molecule has 2 nitrogen and oxygen atoms in total. The van der Waals surface area contributed by atoms with Gasteiger partial charge in [0.05, 0.1) is 5.56 Å². The number of hydrogen-bond donors (Lipinski definition) is 1. The molecule has 1 aromatic carbocycles. The highest BCUT2D eigenvalue weighted by Gasteiger charge is 2.30. The van der Waals surface area contributed by atoms with Crippen LogP contribution in [0.25, 0.3) is 0 Å². The lowest BCUT2D eigenvalue weighted by Crippen LogP contribution is -2.32. The van der Waals surface area contributed by atoms with Gasteiger partial charge in [0, 0.05) is 12.6 Å². The molecule has 0 aliphatic carbocycles. The highest BCUT2D eigenvalue weighted by Crippen LogP contribution is 2.30. The monoisotopic (exact) mass is 336 g/mol. The minimum absolute atomic E-state index is 0. The van der Waals surface area contributed by atoms with Gasteiger partial charge in [-0.15, -0.1) is 12.4 Å². The summed E-state index contributed by atoms with van der Waals surface area (Å²) in [7, 11) is 2.06. The van der Waals surface area contributed by atoms with Crippen LogP contribution in [0.15, 0.2) is 18.2 Å². The van der Waals surface area contributed by atoms with Crippen LogP contribution in [-0.2, 0) is 12.7 Å². The summed E-state index contributed by atoms with van der Waals surface area (Å²) in [5.41, 5.74) is 1.12. The Balaban J connectivity index is 0.00000242. The molecule has 2 rings (SSSR count). The molecule has 0 aromatic heterocycles. The van der Waals surface area contributed by atoms with Crippen molar-refractivity contribution >= 4 is 12.4 Å². The molecule has 0 amide bonds. The number of aryl methyl sites for hydroxylation is 1. The van der Waals surface area contributed by atoms with Gasteiger partial charge < -0.3 is 5.32 Å². The molecule has 1 aliphatic heterocycles. The number of benzene rings is 1. The molecule has 1 heterocycles. The minimum Gasteiger partial charge on any atom is -0.317 e. The van der Waals surface area contributed by atoms with Crippen molar-refractivity contribution in [1.29, 1.82) is 0 Å². The number of nitrogens with zero attached hydrogens (tertiary/aromatic N) is 1. The molecule has 126 valence electrons. The van der Waals surface area contributed by atoms with Gasteiger partial charge in [0.2, 0.25) is 0 Å². The quantitative estimate of drug-likeness (QED) is 0.897. The van der Waals surface area contributed by atoms with Crippen molar-refractivity contribution in [2.24, 2.45) is 0 Å². The third-order valence-electron chi connectivity index (χ3n) is 4.26. The Kier molecular flexibility index (Phi) is 7.16. The van der Waals surface area contributed by atoms with Crippen molar-refractivity contribution in [2.45, 2.75) is 44.9 Å². The fourth-order valence-corrected chi connectivity index (χ4v) is 2.89. The van der Waals surface area contributed by atoms with Crippen molar-refractivity contribution in [3.8, 4) is 0 Å². The molecular formula is C16H24ClF3N2. The van der Waals surface area contributed by atoms with E-state index in [0.29, 0.717) is 18.2 Å². The molecule has 1 fully saturated rings. The molecule has 22 heavy (non-hydrogen) atoms. The molecule has 0 spiro atoms. The van der Waals surface area contributed by atoms with E-state index in [1.165, 1.54) is 12.1 Å². The first-order chi connectivity index (χ1) is 9.88. The maximum atomic E-state index is 12.7. The maximum absolute atomic E-state index is 12.7. The van der Waals surface area contributed by atoms with Crippen LogP contribution in [0.2, 0.25) is 0 Å². The first-order valence-corrected chi connectivity index (χ1v) is 7.45. The van der Waals surface area contributed by atoms with E-state index in [1.807, 2.05) is 0 Å². The largest absolute Gasteiger partial charge is 0.416 e. The van der Waals surface area contributed by atoms with Crippen LogP contribution in [0.3, 0.4) is 0 Å². The van der Waals surface area contributed by atoms with Gasteiger partial charge in [-0.25, -0.2) is 0 Å². The second-order valence-electron chi connectivity index (χ2n) is 5.89. The third kappa shape index (κ3) is 5.14. The fraction of sp³-hybridized carbons (Fsp3) is 0.625. The second kappa shape index (κ2) is 8.18. The number of alkyl halides is 3. The zero-order valence-corrected chi connectivity index (χ0v) is 13.9. The number of hydrogen-bond acceptors (Lipinski definition) is 2. The summed E-state index contributed by atoms with van der Waals surface area (Å²) in [6, 6.07) is 4.55. The Hall–Kier alpha value is -0.780. The Labute approximate surface area is 136 Å². The average Bonchev–Trinajstić information content (AvgIpc) is 2.68. The summed E-state index contributed by atoms with van der Waals surface area (Å²) in [4.78, 5) is 2.27. The lowest BCUT2D eigenvalue weighted by atomic mass is 10.0. The average molecular weight is 337 g/mol. The highest BCUT2D eigenvalue weighted by molar-refractivity contribution is 5.85. The molecule has 0 saturated carbocycles. The van der Waals surface area contributed by atoms with E-state index >= 15 is 0 Å². The first kappa shape index (κ1) is 19.3. The molecule has 1 N–H and O–H groups in total. The number of rotatable bonds is 3. The Morgan fingerprint density at radius 2 is 1.95 bits per heavy atom. The van der Waals surface area contributed by atoms with Crippen LogP contribution >= 0.6 is 12.4 Å². The van der Waals surface area contributed by atoms with Crippen LogP contribution in [0.1, 0.15) is 36.0 Å². The van der Waals surface area contributed by atoms with Gasteiger partial charge >= 0.3 is 6.18 Å². The van der Waals surface area contributed by atoms with E-state index in [-0.39, 0.29) is 12.4 Å². The molecular weight excluding hydrogens is 313 g/mol.